The van der Waals surface area contributed by atoms with Gasteiger partial charge in [-0.3, -0.25) is 0 Å². The lowest BCUT2D eigenvalue weighted by Gasteiger charge is -2.33. The standard InChI is InChI=1S/C35H49FN6O2/c1-24(2)23-44-35(43)34-33(30-20-28(36)10-13-32(30)40-34)31(37)22-42(38)21-25-14-17-41(18-15-25)19-16-39-29-11-8-27(9-12-29)26-6-4-3-5-7-26/h8-13,20,22,24-26,39-40H,3-7,14-19,21,23,37-38H2,1-2H3/b31-22-. The Morgan fingerprint density at radius 3 is 2.55 bits per heavy atom. The number of rotatable bonds is 12. The molecule has 8 nitrogen and oxygen atoms in total. The van der Waals surface area contributed by atoms with E-state index in [-0.39, 0.29) is 23.9 Å². The number of nitrogens with two attached hydrogens (primary N) is 2. The first-order valence-electron chi connectivity index (χ1n) is 16.3. The second kappa shape index (κ2) is 14.9. The van der Waals surface area contributed by atoms with Gasteiger partial charge in [0.25, 0.3) is 0 Å². The Labute approximate surface area is 261 Å². The van der Waals surface area contributed by atoms with Gasteiger partial charge < -0.3 is 30.7 Å². The summed E-state index contributed by atoms with van der Waals surface area (Å²) in [5.74, 6) is 6.82. The molecular weight excluding hydrogens is 555 g/mol. The summed E-state index contributed by atoms with van der Waals surface area (Å²) >= 11 is 0. The van der Waals surface area contributed by atoms with E-state index in [2.05, 4.69) is 39.5 Å². The van der Waals surface area contributed by atoms with Gasteiger partial charge in [-0.2, -0.15) is 0 Å². The van der Waals surface area contributed by atoms with Crippen molar-refractivity contribution in [3.8, 4) is 0 Å². The lowest BCUT2D eigenvalue weighted by Crippen LogP contribution is -2.41. The van der Waals surface area contributed by atoms with Crippen LogP contribution >= 0.6 is 0 Å². The molecule has 2 fully saturated rings. The van der Waals surface area contributed by atoms with Crippen LogP contribution in [0.3, 0.4) is 0 Å². The number of anilines is 1. The quantitative estimate of drug-likeness (QED) is 0.107. The van der Waals surface area contributed by atoms with Gasteiger partial charge in [-0.1, -0.05) is 45.2 Å². The summed E-state index contributed by atoms with van der Waals surface area (Å²) in [6.07, 6.45) is 10.5. The number of halogens is 1. The van der Waals surface area contributed by atoms with Crippen LogP contribution in [0.15, 0.2) is 48.7 Å². The number of benzene rings is 2. The minimum absolute atomic E-state index is 0.183. The molecule has 0 unspecified atom stereocenters. The topological polar surface area (TPSA) is 113 Å². The van der Waals surface area contributed by atoms with Crippen LogP contribution in [0.25, 0.3) is 16.6 Å². The van der Waals surface area contributed by atoms with E-state index in [9.17, 15) is 9.18 Å². The van der Waals surface area contributed by atoms with E-state index < -0.39 is 11.8 Å². The van der Waals surface area contributed by atoms with Crippen LogP contribution in [0.2, 0.25) is 0 Å². The van der Waals surface area contributed by atoms with Crippen LogP contribution in [-0.2, 0) is 4.74 Å². The number of H-pyrrole nitrogens is 1. The Kier molecular flexibility index (Phi) is 10.8. The summed E-state index contributed by atoms with van der Waals surface area (Å²) in [7, 11) is 0. The van der Waals surface area contributed by atoms with Crippen LogP contribution < -0.4 is 16.9 Å². The Bertz CT molecular complexity index is 1400. The molecule has 2 aromatic carbocycles. The maximum atomic E-state index is 14.2. The number of fused-ring (bicyclic) bond motifs is 1. The summed E-state index contributed by atoms with van der Waals surface area (Å²) in [6.45, 7) is 8.81. The van der Waals surface area contributed by atoms with Crippen molar-refractivity contribution in [2.75, 3.05) is 44.6 Å². The molecule has 9 heteroatoms. The molecular formula is C35H49FN6O2. The molecule has 3 aromatic rings. The maximum Gasteiger partial charge on any atom is 0.355 e. The van der Waals surface area contributed by atoms with Gasteiger partial charge in [0.15, 0.2) is 0 Å². The zero-order valence-electron chi connectivity index (χ0n) is 26.3. The van der Waals surface area contributed by atoms with Crippen molar-refractivity contribution in [2.24, 2.45) is 23.4 Å². The van der Waals surface area contributed by atoms with Crippen molar-refractivity contribution < 1.29 is 13.9 Å². The van der Waals surface area contributed by atoms with Crippen LogP contribution in [0, 0.1) is 17.7 Å². The SMILES string of the molecule is CC(C)COC(=O)c1[nH]c2ccc(F)cc2c1/C(N)=C/N(N)CC1CCN(CCNc2ccc(C3CCCCC3)cc2)CC1. The third-order valence-electron chi connectivity index (χ3n) is 9.03. The summed E-state index contributed by atoms with van der Waals surface area (Å²) in [5, 5.41) is 5.70. The number of piperidine rings is 1. The van der Waals surface area contributed by atoms with Crippen molar-refractivity contribution in [3.05, 3.63) is 71.3 Å². The maximum absolute atomic E-state index is 14.2. The fraction of sp³-hybridized carbons (Fsp3) is 0.514. The molecule has 44 heavy (non-hydrogen) atoms. The average Bonchev–Trinajstić information content (AvgIpc) is 3.40. The number of aromatic nitrogens is 1. The summed E-state index contributed by atoms with van der Waals surface area (Å²) in [6, 6.07) is 13.4. The number of hydrazine groups is 1. The lowest BCUT2D eigenvalue weighted by atomic mass is 9.84. The number of aromatic amines is 1. The molecule has 1 saturated carbocycles. The normalized spacial score (nSPS) is 17.3. The van der Waals surface area contributed by atoms with Gasteiger partial charge in [0.2, 0.25) is 0 Å². The predicted octanol–water partition coefficient (Wildman–Crippen LogP) is 6.42. The number of esters is 1. The van der Waals surface area contributed by atoms with E-state index in [1.165, 1.54) is 55.5 Å². The fourth-order valence-electron chi connectivity index (χ4n) is 6.59. The monoisotopic (exact) mass is 604 g/mol. The third kappa shape index (κ3) is 8.33. The first-order chi connectivity index (χ1) is 21.3. The molecule has 6 N–H and O–H groups in total. The van der Waals surface area contributed by atoms with Gasteiger partial charge in [0, 0.05) is 48.0 Å². The number of likely N-dealkylation sites (tertiary alicyclic amines) is 1. The molecule has 1 aliphatic heterocycles. The number of nitrogens with one attached hydrogen (secondary N) is 2. The summed E-state index contributed by atoms with van der Waals surface area (Å²) < 4.78 is 19.6. The van der Waals surface area contributed by atoms with E-state index in [1.807, 2.05) is 13.8 Å². The molecule has 2 aliphatic rings. The molecule has 0 bridgehead atoms. The Morgan fingerprint density at radius 1 is 1.11 bits per heavy atom. The van der Waals surface area contributed by atoms with E-state index in [1.54, 1.807) is 17.3 Å². The van der Waals surface area contributed by atoms with Crippen molar-refractivity contribution in [1.29, 1.82) is 0 Å². The largest absolute Gasteiger partial charge is 0.461 e. The van der Waals surface area contributed by atoms with E-state index in [4.69, 9.17) is 16.3 Å². The zero-order chi connectivity index (χ0) is 31.1. The lowest BCUT2D eigenvalue weighted by molar-refractivity contribution is 0.0452. The molecule has 5 rings (SSSR count). The van der Waals surface area contributed by atoms with Crippen molar-refractivity contribution >= 4 is 28.3 Å². The minimum atomic E-state index is -0.524. The van der Waals surface area contributed by atoms with Crippen LogP contribution in [0.5, 0.6) is 0 Å². The van der Waals surface area contributed by atoms with Gasteiger partial charge in [-0.25, -0.2) is 15.0 Å². The first-order valence-corrected chi connectivity index (χ1v) is 16.3. The van der Waals surface area contributed by atoms with Gasteiger partial charge in [0.1, 0.15) is 11.5 Å². The first kappa shape index (κ1) is 31.9. The number of ether oxygens (including phenoxy) is 1. The van der Waals surface area contributed by atoms with Gasteiger partial charge in [-0.15, -0.1) is 0 Å². The molecule has 2 heterocycles. The second-order valence-corrected chi connectivity index (χ2v) is 13.0. The van der Waals surface area contributed by atoms with Gasteiger partial charge in [-0.05, 0) is 92.4 Å². The van der Waals surface area contributed by atoms with Crippen molar-refractivity contribution in [2.45, 2.75) is 64.7 Å². The fourth-order valence-corrected chi connectivity index (χ4v) is 6.59. The molecule has 0 atom stereocenters. The van der Waals surface area contributed by atoms with Gasteiger partial charge in [0.05, 0.1) is 12.3 Å². The number of nitrogens with zero attached hydrogens (tertiary/aromatic N) is 2. The van der Waals surface area contributed by atoms with E-state index in [0.717, 1.165) is 44.9 Å². The number of hydrogen-bond acceptors (Lipinski definition) is 7. The number of carbonyl (C=O) groups is 1. The van der Waals surface area contributed by atoms with Crippen molar-refractivity contribution in [3.63, 3.8) is 0 Å². The van der Waals surface area contributed by atoms with Crippen molar-refractivity contribution in [1.82, 2.24) is 14.9 Å². The molecule has 1 aliphatic carbocycles. The zero-order valence-corrected chi connectivity index (χ0v) is 26.3. The minimum Gasteiger partial charge on any atom is -0.461 e. The van der Waals surface area contributed by atoms with Crippen LogP contribution in [0.1, 0.15) is 86.3 Å². The van der Waals surface area contributed by atoms with Crippen LogP contribution in [-0.4, -0.2) is 60.2 Å². The molecule has 0 radical (unpaired) electrons. The molecule has 1 aromatic heterocycles. The predicted molar refractivity (Wildman–Crippen MR) is 176 cm³/mol. The molecule has 238 valence electrons. The number of carbonyl (C=O) groups excluding carboxylic acids is 1. The van der Waals surface area contributed by atoms with Crippen LogP contribution in [0.4, 0.5) is 10.1 Å². The van der Waals surface area contributed by atoms with Gasteiger partial charge >= 0.3 is 5.97 Å². The second-order valence-electron chi connectivity index (χ2n) is 13.0. The van der Waals surface area contributed by atoms with E-state index in [0.29, 0.717) is 28.9 Å². The Hall–Kier alpha value is -3.56. The summed E-state index contributed by atoms with van der Waals surface area (Å²) in [4.78, 5) is 18.5. The van der Waals surface area contributed by atoms with E-state index >= 15 is 0 Å². The number of hydrogen-bond donors (Lipinski definition) is 4. The Morgan fingerprint density at radius 2 is 1.84 bits per heavy atom. The molecule has 1 saturated heterocycles. The Balaban J connectivity index is 1.11. The third-order valence-corrected chi connectivity index (χ3v) is 9.03. The highest BCUT2D eigenvalue weighted by molar-refractivity contribution is 6.04. The highest BCUT2D eigenvalue weighted by atomic mass is 19.1. The average molecular weight is 605 g/mol. The molecule has 0 spiro atoms. The highest BCUT2D eigenvalue weighted by Gasteiger charge is 2.24. The molecule has 0 amide bonds. The highest BCUT2D eigenvalue weighted by Crippen LogP contribution is 2.33. The summed E-state index contributed by atoms with van der Waals surface area (Å²) in [5.41, 5.74) is 10.7. The smallest absolute Gasteiger partial charge is 0.355 e.